The van der Waals surface area contributed by atoms with Crippen LogP contribution in [0.2, 0.25) is 0 Å². The van der Waals surface area contributed by atoms with Crippen molar-refractivity contribution in [2.75, 3.05) is 30.8 Å². The fourth-order valence-electron chi connectivity index (χ4n) is 2.14. The first-order valence-electron chi connectivity index (χ1n) is 6.06. The maximum atomic E-state index is 12.2. The highest BCUT2D eigenvalue weighted by atomic mass is 16.2. The van der Waals surface area contributed by atoms with Crippen LogP contribution in [0, 0.1) is 0 Å². The van der Waals surface area contributed by atoms with Crippen molar-refractivity contribution in [3.05, 3.63) is 24.3 Å². The Morgan fingerprint density at radius 3 is 2.65 bits per heavy atom. The Morgan fingerprint density at radius 2 is 2.00 bits per heavy atom. The van der Waals surface area contributed by atoms with Gasteiger partial charge in [0.15, 0.2) is 0 Å². The Labute approximate surface area is 102 Å². The first-order valence-corrected chi connectivity index (χ1v) is 6.06. The number of rotatable bonds is 1. The zero-order valence-corrected chi connectivity index (χ0v) is 10.2. The molecule has 1 aliphatic heterocycles. The molecule has 0 atom stereocenters. The number of benzene rings is 1. The Kier molecular flexibility index (Phi) is 3.52. The summed E-state index contributed by atoms with van der Waals surface area (Å²) in [5.74, 6) is 0. The summed E-state index contributed by atoms with van der Waals surface area (Å²) in [7, 11) is 1.80. The molecular weight excluding hydrogens is 214 g/mol. The number of nitrogens with two attached hydrogens (primary N) is 1. The van der Waals surface area contributed by atoms with Crippen LogP contribution in [0.5, 0.6) is 0 Å². The van der Waals surface area contributed by atoms with E-state index in [2.05, 4.69) is 0 Å². The quantitative estimate of drug-likeness (QED) is 0.757. The standard InChI is InChI=1S/C13H19N3O/c1-15(12-7-5-6-11(14)10-12)13(17)16-8-3-2-4-9-16/h5-7,10H,2-4,8-9,14H2,1H3. The van der Waals surface area contributed by atoms with Gasteiger partial charge in [0.2, 0.25) is 0 Å². The predicted molar refractivity (Wildman–Crippen MR) is 70.1 cm³/mol. The van der Waals surface area contributed by atoms with E-state index in [1.165, 1.54) is 6.42 Å². The number of anilines is 2. The second-order valence-electron chi connectivity index (χ2n) is 4.48. The van der Waals surface area contributed by atoms with Gasteiger partial charge in [-0.1, -0.05) is 6.07 Å². The Bertz CT molecular complexity index is 399. The van der Waals surface area contributed by atoms with E-state index in [9.17, 15) is 4.79 Å². The van der Waals surface area contributed by atoms with Crippen LogP contribution in [0.3, 0.4) is 0 Å². The normalized spacial score (nSPS) is 15.7. The maximum absolute atomic E-state index is 12.2. The van der Waals surface area contributed by atoms with Crippen LogP contribution in [0.25, 0.3) is 0 Å². The number of hydrogen-bond acceptors (Lipinski definition) is 2. The molecule has 1 aromatic carbocycles. The highest BCUT2D eigenvalue weighted by Gasteiger charge is 2.20. The Balaban J connectivity index is 2.08. The fraction of sp³-hybridized carbons (Fsp3) is 0.462. The number of urea groups is 1. The van der Waals surface area contributed by atoms with E-state index >= 15 is 0 Å². The van der Waals surface area contributed by atoms with E-state index in [0.717, 1.165) is 31.6 Å². The summed E-state index contributed by atoms with van der Waals surface area (Å²) in [6.07, 6.45) is 3.44. The minimum absolute atomic E-state index is 0.0651. The second kappa shape index (κ2) is 5.08. The molecule has 0 radical (unpaired) electrons. The molecule has 0 unspecified atom stereocenters. The fourth-order valence-corrected chi connectivity index (χ4v) is 2.14. The van der Waals surface area contributed by atoms with Crippen LogP contribution < -0.4 is 10.6 Å². The van der Waals surface area contributed by atoms with Crippen molar-refractivity contribution in [3.63, 3.8) is 0 Å². The number of nitrogens with zero attached hydrogens (tertiary/aromatic N) is 2. The third-order valence-electron chi connectivity index (χ3n) is 3.17. The molecule has 4 nitrogen and oxygen atoms in total. The van der Waals surface area contributed by atoms with Gasteiger partial charge in [0.1, 0.15) is 0 Å². The van der Waals surface area contributed by atoms with Gasteiger partial charge in [0.05, 0.1) is 0 Å². The van der Waals surface area contributed by atoms with Crippen LogP contribution in [0.15, 0.2) is 24.3 Å². The first kappa shape index (κ1) is 11.8. The van der Waals surface area contributed by atoms with Gasteiger partial charge in [-0.3, -0.25) is 4.90 Å². The number of amides is 2. The smallest absolute Gasteiger partial charge is 0.324 e. The molecule has 2 rings (SSSR count). The molecule has 1 aromatic rings. The molecule has 2 N–H and O–H groups in total. The van der Waals surface area contributed by atoms with Crippen LogP contribution in [-0.2, 0) is 0 Å². The van der Waals surface area contributed by atoms with Gasteiger partial charge in [-0.25, -0.2) is 4.79 Å². The van der Waals surface area contributed by atoms with Crippen molar-refractivity contribution in [1.29, 1.82) is 0 Å². The molecular formula is C13H19N3O. The summed E-state index contributed by atoms with van der Waals surface area (Å²) in [5, 5.41) is 0. The van der Waals surface area contributed by atoms with Crippen LogP contribution in [-0.4, -0.2) is 31.1 Å². The monoisotopic (exact) mass is 233 g/mol. The summed E-state index contributed by atoms with van der Waals surface area (Å²) in [4.78, 5) is 15.8. The van der Waals surface area contributed by atoms with Crippen LogP contribution in [0.4, 0.5) is 16.2 Å². The zero-order chi connectivity index (χ0) is 12.3. The molecule has 4 heteroatoms. The summed E-state index contributed by atoms with van der Waals surface area (Å²) < 4.78 is 0. The molecule has 0 saturated carbocycles. The lowest BCUT2D eigenvalue weighted by Crippen LogP contribution is -2.43. The van der Waals surface area contributed by atoms with E-state index in [-0.39, 0.29) is 6.03 Å². The third kappa shape index (κ3) is 2.70. The van der Waals surface area contributed by atoms with E-state index in [1.807, 2.05) is 29.2 Å². The largest absolute Gasteiger partial charge is 0.399 e. The number of likely N-dealkylation sites (tertiary alicyclic amines) is 1. The number of piperidine rings is 1. The molecule has 1 heterocycles. The van der Waals surface area contributed by atoms with Crippen molar-refractivity contribution in [3.8, 4) is 0 Å². The minimum Gasteiger partial charge on any atom is -0.399 e. The lowest BCUT2D eigenvalue weighted by molar-refractivity contribution is 0.194. The summed E-state index contributed by atoms with van der Waals surface area (Å²) in [6.45, 7) is 1.73. The summed E-state index contributed by atoms with van der Waals surface area (Å²) >= 11 is 0. The SMILES string of the molecule is CN(C(=O)N1CCCCC1)c1cccc(N)c1. The molecule has 0 bridgehead atoms. The summed E-state index contributed by atoms with van der Waals surface area (Å²) in [6, 6.07) is 7.48. The zero-order valence-electron chi connectivity index (χ0n) is 10.2. The molecule has 0 aromatic heterocycles. The van der Waals surface area contributed by atoms with E-state index in [1.54, 1.807) is 11.9 Å². The molecule has 17 heavy (non-hydrogen) atoms. The predicted octanol–water partition coefficient (Wildman–Crippen LogP) is 2.31. The van der Waals surface area contributed by atoms with Gasteiger partial charge < -0.3 is 10.6 Å². The van der Waals surface area contributed by atoms with Gasteiger partial charge in [-0.15, -0.1) is 0 Å². The van der Waals surface area contributed by atoms with E-state index in [0.29, 0.717) is 5.69 Å². The van der Waals surface area contributed by atoms with Crippen molar-refractivity contribution in [2.24, 2.45) is 0 Å². The number of nitrogen functional groups attached to an aromatic ring is 1. The van der Waals surface area contributed by atoms with Crippen LogP contribution >= 0.6 is 0 Å². The van der Waals surface area contributed by atoms with Crippen molar-refractivity contribution >= 4 is 17.4 Å². The minimum atomic E-state index is 0.0651. The van der Waals surface area contributed by atoms with Crippen molar-refractivity contribution in [2.45, 2.75) is 19.3 Å². The topological polar surface area (TPSA) is 49.6 Å². The molecule has 0 spiro atoms. The van der Waals surface area contributed by atoms with Gasteiger partial charge >= 0.3 is 6.03 Å². The van der Waals surface area contributed by atoms with Gasteiger partial charge in [0.25, 0.3) is 0 Å². The van der Waals surface area contributed by atoms with E-state index < -0.39 is 0 Å². The number of hydrogen-bond donors (Lipinski definition) is 1. The van der Waals surface area contributed by atoms with Crippen LogP contribution in [0.1, 0.15) is 19.3 Å². The molecule has 0 aliphatic carbocycles. The highest BCUT2D eigenvalue weighted by Crippen LogP contribution is 2.19. The lowest BCUT2D eigenvalue weighted by Gasteiger charge is -2.31. The highest BCUT2D eigenvalue weighted by molar-refractivity contribution is 5.91. The molecule has 1 fully saturated rings. The van der Waals surface area contributed by atoms with Crippen molar-refractivity contribution < 1.29 is 4.79 Å². The Morgan fingerprint density at radius 1 is 1.29 bits per heavy atom. The number of carbonyl (C=O) groups excluding carboxylic acids is 1. The summed E-state index contributed by atoms with van der Waals surface area (Å²) in [5.41, 5.74) is 7.25. The second-order valence-corrected chi connectivity index (χ2v) is 4.48. The lowest BCUT2D eigenvalue weighted by atomic mass is 10.1. The Hall–Kier alpha value is -1.71. The number of carbonyl (C=O) groups is 1. The molecule has 1 aliphatic rings. The molecule has 2 amide bonds. The third-order valence-corrected chi connectivity index (χ3v) is 3.17. The average Bonchev–Trinajstić information content (AvgIpc) is 2.38. The van der Waals surface area contributed by atoms with Crippen molar-refractivity contribution in [1.82, 2.24) is 4.90 Å². The van der Waals surface area contributed by atoms with Gasteiger partial charge in [-0.05, 0) is 37.5 Å². The van der Waals surface area contributed by atoms with Gasteiger partial charge in [0, 0.05) is 31.5 Å². The average molecular weight is 233 g/mol. The first-order chi connectivity index (χ1) is 8.18. The molecule has 92 valence electrons. The molecule has 1 saturated heterocycles. The maximum Gasteiger partial charge on any atom is 0.324 e. The van der Waals surface area contributed by atoms with Gasteiger partial charge in [-0.2, -0.15) is 0 Å². The van der Waals surface area contributed by atoms with E-state index in [4.69, 9.17) is 5.73 Å².